The minimum absolute atomic E-state index is 0.259. The molecule has 4 nitrogen and oxygen atoms in total. The lowest BCUT2D eigenvalue weighted by Gasteiger charge is -2.47. The van der Waals surface area contributed by atoms with Crippen molar-refractivity contribution in [3.05, 3.63) is 40.8 Å². The third-order valence-corrected chi connectivity index (χ3v) is 6.86. The number of fused-ring (bicyclic) bond motifs is 3. The van der Waals surface area contributed by atoms with Crippen molar-refractivity contribution in [1.82, 2.24) is 4.90 Å². The number of ether oxygens (including phenoxy) is 1. The Bertz CT molecular complexity index is 763. The molecule has 3 aliphatic heterocycles. The van der Waals surface area contributed by atoms with Gasteiger partial charge in [0.2, 0.25) is 0 Å². The van der Waals surface area contributed by atoms with Crippen LogP contribution in [-0.4, -0.2) is 36.2 Å². The molecule has 5 heteroatoms. The van der Waals surface area contributed by atoms with E-state index in [9.17, 15) is 4.79 Å². The second kappa shape index (κ2) is 6.46. The zero-order valence-electron chi connectivity index (χ0n) is 14.8. The Morgan fingerprint density at radius 3 is 2.40 bits per heavy atom. The number of hydrogen-bond donors (Lipinski definition) is 1. The summed E-state index contributed by atoms with van der Waals surface area (Å²) in [4.78, 5) is 17.4. The van der Waals surface area contributed by atoms with Gasteiger partial charge in [0, 0.05) is 43.8 Å². The molecule has 1 amide bonds. The molecule has 0 aliphatic carbocycles. The van der Waals surface area contributed by atoms with Crippen LogP contribution in [0, 0.1) is 13.8 Å². The van der Waals surface area contributed by atoms with Crippen molar-refractivity contribution in [2.75, 3.05) is 25.0 Å². The predicted octanol–water partition coefficient (Wildman–Crippen LogP) is 4.82. The van der Waals surface area contributed by atoms with E-state index in [0.717, 1.165) is 60.6 Å². The number of benzene rings is 1. The molecule has 2 bridgehead atoms. The Kier molecular flexibility index (Phi) is 4.29. The number of carbonyl (C=O) groups is 1. The van der Waals surface area contributed by atoms with E-state index in [1.165, 1.54) is 4.88 Å². The number of amides is 1. The second-order valence-corrected chi connectivity index (χ2v) is 8.37. The molecule has 0 radical (unpaired) electrons. The first-order chi connectivity index (χ1) is 12.1. The van der Waals surface area contributed by atoms with Crippen molar-refractivity contribution < 1.29 is 9.53 Å². The maximum Gasteiger partial charge on any atom is 0.412 e. The molecule has 0 atom stereocenters. The predicted molar refractivity (Wildman–Crippen MR) is 102 cm³/mol. The van der Waals surface area contributed by atoms with Crippen LogP contribution in [0.15, 0.2) is 30.3 Å². The maximum absolute atomic E-state index is 12.7. The number of nitrogens with one attached hydrogen (secondary N) is 1. The van der Waals surface area contributed by atoms with Crippen molar-refractivity contribution in [2.45, 2.75) is 38.7 Å². The molecular weight excluding hydrogens is 332 g/mol. The van der Waals surface area contributed by atoms with Crippen LogP contribution in [0.2, 0.25) is 0 Å². The lowest BCUT2D eigenvalue weighted by atomic mass is 9.83. The van der Waals surface area contributed by atoms with Crippen LogP contribution < -0.4 is 5.32 Å². The highest BCUT2D eigenvalue weighted by atomic mass is 32.1. The minimum Gasteiger partial charge on any atom is -0.443 e. The summed E-state index contributed by atoms with van der Waals surface area (Å²) in [6.07, 6.45) is 2.54. The van der Waals surface area contributed by atoms with Gasteiger partial charge in [-0.2, -0.15) is 0 Å². The Labute approximate surface area is 152 Å². The average Bonchev–Trinajstić information content (AvgIpc) is 2.92. The van der Waals surface area contributed by atoms with E-state index in [1.807, 2.05) is 18.2 Å². The molecule has 5 rings (SSSR count). The molecule has 0 unspecified atom stereocenters. The molecule has 25 heavy (non-hydrogen) atoms. The standard InChI is InChI=1S/C20H24N2O2S/c1-14-15(2)25-18(16-6-4-3-5-7-16)17(14)21-19(23)24-20-8-11-22(12-9-20)13-10-20/h3-7H,8-13H2,1-2H3,(H,21,23). The van der Waals surface area contributed by atoms with Crippen LogP contribution in [0.5, 0.6) is 0 Å². The van der Waals surface area contributed by atoms with Gasteiger partial charge in [-0.05, 0) is 25.0 Å². The topological polar surface area (TPSA) is 41.6 Å². The van der Waals surface area contributed by atoms with Crippen molar-refractivity contribution in [1.29, 1.82) is 0 Å². The second-order valence-electron chi connectivity index (χ2n) is 7.14. The van der Waals surface area contributed by atoms with E-state index >= 15 is 0 Å². The molecular formula is C20H24N2O2S. The van der Waals surface area contributed by atoms with Gasteiger partial charge in [0.15, 0.2) is 0 Å². The number of aryl methyl sites for hydroxylation is 1. The smallest absolute Gasteiger partial charge is 0.412 e. The van der Waals surface area contributed by atoms with Gasteiger partial charge in [-0.3, -0.25) is 5.32 Å². The lowest BCUT2D eigenvalue weighted by molar-refractivity contribution is -0.0742. The first kappa shape index (κ1) is 16.6. The van der Waals surface area contributed by atoms with E-state index < -0.39 is 0 Å². The summed E-state index contributed by atoms with van der Waals surface area (Å²) in [5.74, 6) is 0. The Morgan fingerprint density at radius 1 is 1.12 bits per heavy atom. The Hall–Kier alpha value is -1.85. The van der Waals surface area contributed by atoms with Crippen LogP contribution in [0.3, 0.4) is 0 Å². The normalized spacial score (nSPS) is 25.0. The third kappa shape index (κ3) is 3.18. The highest BCUT2D eigenvalue weighted by molar-refractivity contribution is 7.16. The van der Waals surface area contributed by atoms with Gasteiger partial charge in [0.05, 0.1) is 10.6 Å². The highest BCUT2D eigenvalue weighted by Crippen LogP contribution is 2.41. The molecule has 3 aliphatic rings. The van der Waals surface area contributed by atoms with Gasteiger partial charge in [-0.15, -0.1) is 11.3 Å². The Morgan fingerprint density at radius 2 is 1.76 bits per heavy atom. The summed E-state index contributed by atoms with van der Waals surface area (Å²) in [6.45, 7) is 7.28. The van der Waals surface area contributed by atoms with Crippen LogP contribution in [0.1, 0.15) is 29.7 Å². The molecule has 0 saturated carbocycles. The summed E-state index contributed by atoms with van der Waals surface area (Å²) >= 11 is 1.72. The number of carbonyl (C=O) groups excluding carboxylic acids is 1. The van der Waals surface area contributed by atoms with Crippen LogP contribution in [-0.2, 0) is 4.74 Å². The summed E-state index contributed by atoms with van der Waals surface area (Å²) in [6, 6.07) is 10.2. The molecule has 1 aromatic carbocycles. The van der Waals surface area contributed by atoms with E-state index in [2.05, 4.69) is 36.2 Å². The summed E-state index contributed by atoms with van der Waals surface area (Å²) in [5, 5.41) is 3.06. The lowest BCUT2D eigenvalue weighted by Crippen LogP contribution is -2.54. The molecule has 3 saturated heterocycles. The molecule has 1 aromatic heterocycles. The molecule has 1 N–H and O–H groups in total. The van der Waals surface area contributed by atoms with Crippen LogP contribution in [0.25, 0.3) is 10.4 Å². The number of anilines is 1. The number of hydrogen-bond acceptors (Lipinski definition) is 4. The fourth-order valence-corrected chi connectivity index (χ4v) is 4.97. The Balaban J connectivity index is 1.55. The van der Waals surface area contributed by atoms with Gasteiger partial charge in [0.25, 0.3) is 0 Å². The number of nitrogens with zero attached hydrogens (tertiary/aromatic N) is 1. The van der Waals surface area contributed by atoms with Gasteiger partial charge in [-0.25, -0.2) is 4.79 Å². The molecule has 2 aromatic rings. The van der Waals surface area contributed by atoms with E-state index in [1.54, 1.807) is 11.3 Å². The van der Waals surface area contributed by atoms with Gasteiger partial charge in [0.1, 0.15) is 5.60 Å². The first-order valence-corrected chi connectivity index (χ1v) is 9.76. The summed E-state index contributed by atoms with van der Waals surface area (Å²) < 4.78 is 5.95. The van der Waals surface area contributed by atoms with Gasteiger partial charge in [-0.1, -0.05) is 30.3 Å². The van der Waals surface area contributed by atoms with Crippen LogP contribution >= 0.6 is 11.3 Å². The first-order valence-electron chi connectivity index (χ1n) is 8.94. The fourth-order valence-electron chi connectivity index (χ4n) is 3.84. The third-order valence-electron chi connectivity index (χ3n) is 5.61. The molecule has 4 heterocycles. The summed E-state index contributed by atoms with van der Waals surface area (Å²) in [7, 11) is 0. The van der Waals surface area contributed by atoms with Gasteiger partial charge >= 0.3 is 6.09 Å². The maximum atomic E-state index is 12.7. The van der Waals surface area contributed by atoms with Gasteiger partial charge < -0.3 is 9.64 Å². The zero-order chi connectivity index (χ0) is 17.4. The largest absolute Gasteiger partial charge is 0.443 e. The van der Waals surface area contributed by atoms with Crippen LogP contribution in [0.4, 0.5) is 10.5 Å². The SMILES string of the molecule is Cc1sc(-c2ccccc2)c(NC(=O)OC23CCN(CC2)CC3)c1C. The quantitative estimate of drug-likeness (QED) is 0.857. The van der Waals surface area contributed by atoms with E-state index in [0.29, 0.717) is 0 Å². The van der Waals surface area contributed by atoms with E-state index in [-0.39, 0.29) is 11.7 Å². The van der Waals surface area contributed by atoms with Crippen molar-refractivity contribution in [2.24, 2.45) is 0 Å². The summed E-state index contributed by atoms with van der Waals surface area (Å²) in [5.41, 5.74) is 2.88. The number of thiophene rings is 1. The molecule has 0 spiro atoms. The minimum atomic E-state index is -0.312. The molecule has 132 valence electrons. The number of piperidine rings is 3. The monoisotopic (exact) mass is 356 g/mol. The fraction of sp³-hybridized carbons (Fsp3) is 0.450. The highest BCUT2D eigenvalue weighted by Gasteiger charge is 2.42. The average molecular weight is 356 g/mol. The van der Waals surface area contributed by atoms with Crippen molar-refractivity contribution >= 4 is 23.1 Å². The van der Waals surface area contributed by atoms with Crippen molar-refractivity contribution in [3.8, 4) is 10.4 Å². The molecule has 3 fully saturated rings. The number of rotatable bonds is 3. The van der Waals surface area contributed by atoms with Crippen molar-refractivity contribution in [3.63, 3.8) is 0 Å². The zero-order valence-corrected chi connectivity index (χ0v) is 15.6. The van der Waals surface area contributed by atoms with E-state index in [4.69, 9.17) is 4.74 Å².